The zero-order valence-corrected chi connectivity index (χ0v) is 15.6. The van der Waals surface area contributed by atoms with E-state index >= 15 is 0 Å². The molecule has 0 radical (unpaired) electrons. The smallest absolute Gasteiger partial charge is 0.220 e. The number of nitrogens with zero attached hydrogens (tertiary/aromatic N) is 1. The van der Waals surface area contributed by atoms with Gasteiger partial charge in [-0.3, -0.25) is 4.79 Å². The van der Waals surface area contributed by atoms with Gasteiger partial charge in [-0.1, -0.05) is 48.0 Å². The van der Waals surface area contributed by atoms with Gasteiger partial charge in [-0.05, 0) is 37.9 Å². The van der Waals surface area contributed by atoms with Gasteiger partial charge in [0.2, 0.25) is 5.91 Å². The summed E-state index contributed by atoms with van der Waals surface area (Å²) in [7, 11) is 3.98. The van der Waals surface area contributed by atoms with Crippen molar-refractivity contribution in [2.75, 3.05) is 26.4 Å². The predicted octanol–water partition coefficient (Wildman–Crippen LogP) is 4.24. The van der Waals surface area contributed by atoms with Crippen molar-refractivity contribution < 1.29 is 4.79 Å². The monoisotopic (exact) mass is 362 g/mol. The maximum absolute atomic E-state index is 12.1. The fraction of sp³-hybridized carbons (Fsp3) is 0.316. The number of hydrogen-bond donors (Lipinski definition) is 1. The Morgan fingerprint density at radius 3 is 2.46 bits per heavy atom. The molecule has 24 heavy (non-hydrogen) atoms. The van der Waals surface area contributed by atoms with Crippen LogP contribution in [-0.4, -0.2) is 37.2 Å². The van der Waals surface area contributed by atoms with Crippen LogP contribution in [0.1, 0.15) is 18.0 Å². The fourth-order valence-electron chi connectivity index (χ4n) is 2.39. The average Bonchev–Trinajstić information content (AvgIpc) is 2.57. The number of carbonyl (C=O) groups is 1. The molecule has 0 aliphatic heterocycles. The van der Waals surface area contributed by atoms with Crippen molar-refractivity contribution in [3.63, 3.8) is 0 Å². The molecule has 0 saturated carbocycles. The van der Waals surface area contributed by atoms with Crippen LogP contribution in [0.5, 0.6) is 0 Å². The summed E-state index contributed by atoms with van der Waals surface area (Å²) in [6.07, 6.45) is 0.502. The van der Waals surface area contributed by atoms with E-state index in [1.54, 1.807) is 11.8 Å². The molecule has 1 unspecified atom stereocenters. The molecule has 0 aliphatic rings. The van der Waals surface area contributed by atoms with Crippen molar-refractivity contribution in [1.82, 2.24) is 10.2 Å². The Balaban J connectivity index is 1.81. The van der Waals surface area contributed by atoms with Crippen LogP contribution in [0.2, 0.25) is 5.02 Å². The third-order valence-corrected chi connectivity index (χ3v) is 5.08. The number of rotatable bonds is 8. The summed E-state index contributed by atoms with van der Waals surface area (Å²) in [5.41, 5.74) is 1.03. The van der Waals surface area contributed by atoms with E-state index in [0.29, 0.717) is 13.0 Å². The van der Waals surface area contributed by atoms with Crippen LogP contribution < -0.4 is 5.32 Å². The molecular formula is C19H23ClN2OS. The lowest BCUT2D eigenvalue weighted by Gasteiger charge is -2.26. The minimum Gasteiger partial charge on any atom is -0.354 e. The first-order chi connectivity index (χ1) is 11.6. The second kappa shape index (κ2) is 9.72. The number of thioether (sulfide) groups is 1. The van der Waals surface area contributed by atoms with E-state index < -0.39 is 0 Å². The highest BCUT2D eigenvalue weighted by Crippen LogP contribution is 2.25. The lowest BCUT2D eigenvalue weighted by molar-refractivity contribution is -0.120. The molecule has 1 atom stereocenters. The molecule has 2 aromatic carbocycles. The Labute approximate surface area is 153 Å². The SMILES string of the molecule is CN(C)C(CNC(=O)CCSc1ccccc1)c1ccccc1Cl. The number of carbonyl (C=O) groups excluding carboxylic acids is 1. The molecule has 3 nitrogen and oxygen atoms in total. The number of hydrogen-bond acceptors (Lipinski definition) is 3. The molecule has 2 rings (SSSR count). The molecule has 0 heterocycles. The zero-order chi connectivity index (χ0) is 17.4. The van der Waals surface area contributed by atoms with Gasteiger partial charge < -0.3 is 10.2 Å². The number of amides is 1. The van der Waals surface area contributed by atoms with Crippen molar-refractivity contribution in [1.29, 1.82) is 0 Å². The van der Waals surface area contributed by atoms with E-state index in [9.17, 15) is 4.79 Å². The van der Waals surface area contributed by atoms with Gasteiger partial charge in [-0.15, -0.1) is 11.8 Å². The van der Waals surface area contributed by atoms with E-state index in [2.05, 4.69) is 22.3 Å². The summed E-state index contributed by atoms with van der Waals surface area (Å²) in [5.74, 6) is 0.839. The molecule has 128 valence electrons. The third kappa shape index (κ3) is 5.86. The molecular weight excluding hydrogens is 340 g/mol. The van der Waals surface area contributed by atoms with E-state index in [4.69, 9.17) is 11.6 Å². The normalized spacial score (nSPS) is 12.2. The van der Waals surface area contributed by atoms with Crippen LogP contribution >= 0.6 is 23.4 Å². The van der Waals surface area contributed by atoms with Crippen molar-refractivity contribution in [2.24, 2.45) is 0 Å². The van der Waals surface area contributed by atoms with E-state index in [1.165, 1.54) is 4.90 Å². The maximum Gasteiger partial charge on any atom is 0.220 e. The predicted molar refractivity (Wildman–Crippen MR) is 103 cm³/mol. The Morgan fingerprint density at radius 1 is 1.12 bits per heavy atom. The summed E-state index contributed by atoms with van der Waals surface area (Å²) in [6.45, 7) is 0.547. The quantitative estimate of drug-likeness (QED) is 0.713. The molecule has 0 spiro atoms. The Bertz CT molecular complexity index is 649. The van der Waals surface area contributed by atoms with Crippen LogP contribution in [0.15, 0.2) is 59.5 Å². The average molecular weight is 363 g/mol. The summed E-state index contributed by atoms with van der Waals surface area (Å²) in [6, 6.07) is 18.0. The first-order valence-electron chi connectivity index (χ1n) is 7.93. The molecule has 0 bridgehead atoms. The topological polar surface area (TPSA) is 32.3 Å². The second-order valence-electron chi connectivity index (χ2n) is 5.72. The molecule has 0 fully saturated rings. The fourth-order valence-corrected chi connectivity index (χ4v) is 3.53. The first-order valence-corrected chi connectivity index (χ1v) is 9.29. The van der Waals surface area contributed by atoms with E-state index in [-0.39, 0.29) is 11.9 Å². The van der Waals surface area contributed by atoms with Crippen molar-refractivity contribution in [3.05, 3.63) is 65.2 Å². The van der Waals surface area contributed by atoms with Gasteiger partial charge in [0.05, 0.1) is 6.04 Å². The van der Waals surface area contributed by atoms with Crippen molar-refractivity contribution in [3.8, 4) is 0 Å². The number of nitrogens with one attached hydrogen (secondary N) is 1. The standard InChI is InChI=1S/C19H23ClN2OS/c1-22(2)18(16-10-6-7-11-17(16)20)14-21-19(23)12-13-24-15-8-4-3-5-9-15/h3-11,18H,12-14H2,1-2H3,(H,21,23). The molecule has 1 amide bonds. The number of halogens is 1. The lowest BCUT2D eigenvalue weighted by Crippen LogP contribution is -2.34. The van der Waals surface area contributed by atoms with Gasteiger partial charge in [-0.25, -0.2) is 0 Å². The van der Waals surface area contributed by atoms with Gasteiger partial charge in [0, 0.05) is 28.6 Å². The summed E-state index contributed by atoms with van der Waals surface area (Å²) in [5, 5.41) is 3.75. The highest BCUT2D eigenvalue weighted by Gasteiger charge is 2.17. The zero-order valence-electron chi connectivity index (χ0n) is 14.0. The molecule has 2 aromatic rings. The van der Waals surface area contributed by atoms with Crippen LogP contribution in [-0.2, 0) is 4.79 Å². The second-order valence-corrected chi connectivity index (χ2v) is 7.29. The summed E-state index contributed by atoms with van der Waals surface area (Å²) in [4.78, 5) is 15.4. The Morgan fingerprint density at radius 2 is 1.79 bits per heavy atom. The Hall–Kier alpha value is -1.49. The summed E-state index contributed by atoms with van der Waals surface area (Å²) >= 11 is 7.98. The molecule has 5 heteroatoms. The minimum absolute atomic E-state index is 0.0597. The van der Waals surface area contributed by atoms with Crippen LogP contribution in [0.25, 0.3) is 0 Å². The number of benzene rings is 2. The maximum atomic E-state index is 12.1. The van der Waals surface area contributed by atoms with Gasteiger partial charge in [0.15, 0.2) is 0 Å². The highest BCUT2D eigenvalue weighted by molar-refractivity contribution is 7.99. The van der Waals surface area contributed by atoms with E-state index in [1.807, 2.05) is 56.6 Å². The highest BCUT2D eigenvalue weighted by atomic mass is 35.5. The largest absolute Gasteiger partial charge is 0.354 e. The minimum atomic E-state index is 0.0597. The van der Waals surface area contributed by atoms with Crippen molar-refractivity contribution in [2.45, 2.75) is 17.4 Å². The van der Waals surface area contributed by atoms with Gasteiger partial charge in [-0.2, -0.15) is 0 Å². The number of likely N-dealkylation sites (N-methyl/N-ethyl adjacent to an activating group) is 1. The van der Waals surface area contributed by atoms with Gasteiger partial charge in [0.25, 0.3) is 0 Å². The Kier molecular flexibility index (Phi) is 7.63. The van der Waals surface area contributed by atoms with Crippen LogP contribution in [0, 0.1) is 0 Å². The van der Waals surface area contributed by atoms with E-state index in [0.717, 1.165) is 16.3 Å². The molecule has 0 aromatic heterocycles. The summed E-state index contributed by atoms with van der Waals surface area (Å²) < 4.78 is 0. The first kappa shape index (κ1) is 18.8. The lowest BCUT2D eigenvalue weighted by atomic mass is 10.1. The van der Waals surface area contributed by atoms with Crippen LogP contribution in [0.4, 0.5) is 0 Å². The van der Waals surface area contributed by atoms with Crippen molar-refractivity contribution >= 4 is 29.3 Å². The molecule has 1 N–H and O–H groups in total. The van der Waals surface area contributed by atoms with Crippen LogP contribution in [0.3, 0.4) is 0 Å². The third-order valence-electron chi connectivity index (χ3n) is 3.72. The van der Waals surface area contributed by atoms with Gasteiger partial charge >= 0.3 is 0 Å². The molecule has 0 aliphatic carbocycles. The molecule has 0 saturated heterocycles. The van der Waals surface area contributed by atoms with Gasteiger partial charge in [0.1, 0.15) is 0 Å².